The van der Waals surface area contributed by atoms with Gasteiger partial charge in [0.1, 0.15) is 0 Å². The SMILES string of the molecule is [O-]c1on[n+](-c2ccccc2)c1Sc1c([O-])on[n+]1-c1ccccc1. The lowest BCUT2D eigenvalue weighted by Gasteiger charge is -1.97. The Hall–Kier alpha value is -3.33. The van der Waals surface area contributed by atoms with Gasteiger partial charge in [-0.05, 0) is 9.36 Å². The Balaban J connectivity index is 1.78. The van der Waals surface area contributed by atoms with E-state index in [1.165, 1.54) is 9.36 Å². The van der Waals surface area contributed by atoms with Crippen LogP contribution in [0.25, 0.3) is 11.4 Å². The number of hydrogen-bond acceptors (Lipinski definition) is 7. The fraction of sp³-hybridized carbons (Fsp3) is 0. The highest BCUT2D eigenvalue weighted by molar-refractivity contribution is 7.99. The molecule has 0 saturated carbocycles. The summed E-state index contributed by atoms with van der Waals surface area (Å²) in [7, 11) is 0. The van der Waals surface area contributed by atoms with Gasteiger partial charge in [-0.3, -0.25) is 0 Å². The van der Waals surface area contributed by atoms with E-state index in [2.05, 4.69) is 10.5 Å². The van der Waals surface area contributed by atoms with Crippen molar-refractivity contribution < 1.29 is 28.6 Å². The van der Waals surface area contributed by atoms with E-state index < -0.39 is 11.9 Å². The molecule has 2 aromatic heterocycles. The van der Waals surface area contributed by atoms with E-state index in [9.17, 15) is 10.2 Å². The molecular formula is C16H10N4O4S. The van der Waals surface area contributed by atoms with Crippen LogP contribution in [0.2, 0.25) is 0 Å². The van der Waals surface area contributed by atoms with E-state index in [4.69, 9.17) is 9.05 Å². The maximum Gasteiger partial charge on any atom is 0.308 e. The molecule has 9 heteroatoms. The van der Waals surface area contributed by atoms with Crippen molar-refractivity contribution in [3.63, 3.8) is 0 Å². The standard InChI is InChI=1S/C16H10N4O4S/c21-15-13(19(17-23-15)11-7-3-1-4-8-11)25-14-16(22)24-18-20(14)12-9-5-2-6-10-12/h1-10H. The second-order valence-corrected chi connectivity index (χ2v) is 5.91. The summed E-state index contributed by atoms with van der Waals surface area (Å²) in [5.74, 6) is -1.32. The molecule has 0 aliphatic carbocycles. The highest BCUT2D eigenvalue weighted by atomic mass is 32.2. The van der Waals surface area contributed by atoms with Gasteiger partial charge in [-0.25, -0.2) is 0 Å². The third-order valence-electron chi connectivity index (χ3n) is 3.34. The first-order chi connectivity index (χ1) is 12.2. The number of rotatable bonds is 4. The van der Waals surface area contributed by atoms with Crippen molar-refractivity contribution in [2.75, 3.05) is 0 Å². The fourth-order valence-electron chi connectivity index (χ4n) is 2.21. The second-order valence-electron chi connectivity index (χ2n) is 4.93. The Morgan fingerprint density at radius 3 is 1.48 bits per heavy atom. The van der Waals surface area contributed by atoms with Gasteiger partial charge in [-0.15, -0.1) is 0 Å². The molecule has 124 valence electrons. The first-order valence-corrected chi connectivity index (χ1v) is 8.02. The van der Waals surface area contributed by atoms with Crippen molar-refractivity contribution in [3.8, 4) is 23.3 Å². The first-order valence-electron chi connectivity index (χ1n) is 7.21. The van der Waals surface area contributed by atoms with Gasteiger partial charge in [0, 0.05) is 24.3 Å². The van der Waals surface area contributed by atoms with Gasteiger partial charge in [-0.1, -0.05) is 36.4 Å². The Morgan fingerprint density at radius 1 is 0.680 bits per heavy atom. The molecule has 25 heavy (non-hydrogen) atoms. The van der Waals surface area contributed by atoms with Gasteiger partial charge in [-0.2, -0.15) is 0 Å². The van der Waals surface area contributed by atoms with Crippen LogP contribution in [0.1, 0.15) is 0 Å². The largest absolute Gasteiger partial charge is 0.538 e. The maximum atomic E-state index is 12.1. The van der Waals surface area contributed by atoms with Gasteiger partial charge in [0.25, 0.3) is 0 Å². The van der Waals surface area contributed by atoms with Crippen molar-refractivity contribution in [1.82, 2.24) is 10.5 Å². The number of para-hydroxylation sites is 2. The Bertz CT molecular complexity index is 920. The summed E-state index contributed by atoms with van der Waals surface area (Å²) in [6, 6.07) is 18.0. The zero-order valence-electron chi connectivity index (χ0n) is 12.6. The molecule has 0 aliphatic heterocycles. The summed E-state index contributed by atoms with van der Waals surface area (Å²) in [4.78, 5) is 0. The van der Waals surface area contributed by atoms with Crippen LogP contribution in [-0.4, -0.2) is 10.5 Å². The minimum atomic E-state index is -0.658. The lowest BCUT2D eigenvalue weighted by atomic mass is 10.3. The zero-order chi connectivity index (χ0) is 17.2. The van der Waals surface area contributed by atoms with E-state index in [0.717, 1.165) is 11.8 Å². The summed E-state index contributed by atoms with van der Waals surface area (Å²) < 4.78 is 12.2. The summed E-state index contributed by atoms with van der Waals surface area (Å²) >= 11 is 0.886. The van der Waals surface area contributed by atoms with Gasteiger partial charge < -0.3 is 19.3 Å². The Morgan fingerprint density at radius 2 is 1.08 bits per heavy atom. The van der Waals surface area contributed by atoms with Gasteiger partial charge in [0.05, 0.1) is 22.3 Å². The molecule has 0 unspecified atom stereocenters. The number of benzene rings is 2. The van der Waals surface area contributed by atoms with Crippen molar-refractivity contribution in [3.05, 3.63) is 60.7 Å². The van der Waals surface area contributed by atoms with Crippen LogP contribution in [0.3, 0.4) is 0 Å². The molecule has 0 fully saturated rings. The van der Waals surface area contributed by atoms with E-state index >= 15 is 0 Å². The second kappa shape index (κ2) is 6.29. The molecule has 2 heterocycles. The monoisotopic (exact) mass is 354 g/mol. The molecule has 0 atom stereocenters. The van der Waals surface area contributed by atoms with Crippen molar-refractivity contribution >= 4 is 11.8 Å². The third kappa shape index (κ3) is 2.81. The summed E-state index contributed by atoms with van der Waals surface area (Å²) in [6.45, 7) is 0. The number of hydrogen-bond donors (Lipinski definition) is 0. The fourth-order valence-corrected chi connectivity index (χ4v) is 3.08. The van der Waals surface area contributed by atoms with E-state index in [1.54, 1.807) is 48.5 Å². The van der Waals surface area contributed by atoms with Crippen LogP contribution in [0, 0.1) is 0 Å². The topological polar surface area (TPSA) is 106 Å². The van der Waals surface area contributed by atoms with Gasteiger partial charge in [0.2, 0.25) is 11.4 Å². The Labute approximate surface area is 145 Å². The van der Waals surface area contributed by atoms with Crippen molar-refractivity contribution in [1.29, 1.82) is 0 Å². The number of aromatic nitrogens is 4. The van der Waals surface area contributed by atoms with E-state index in [0.29, 0.717) is 11.4 Å². The van der Waals surface area contributed by atoms with E-state index in [-0.39, 0.29) is 10.1 Å². The zero-order valence-corrected chi connectivity index (χ0v) is 13.4. The molecule has 0 N–H and O–H groups in total. The molecule has 4 rings (SSSR count). The van der Waals surface area contributed by atoms with Crippen LogP contribution in [0.5, 0.6) is 11.9 Å². The lowest BCUT2D eigenvalue weighted by Crippen LogP contribution is -2.37. The van der Waals surface area contributed by atoms with Crippen molar-refractivity contribution in [2.24, 2.45) is 0 Å². The van der Waals surface area contributed by atoms with Crippen LogP contribution in [0.15, 0.2) is 79.8 Å². The molecule has 0 radical (unpaired) electrons. The molecule has 2 aromatic carbocycles. The van der Waals surface area contributed by atoms with Gasteiger partial charge in [0.15, 0.2) is 11.9 Å². The minimum absolute atomic E-state index is 0.121. The highest BCUT2D eigenvalue weighted by Crippen LogP contribution is 2.33. The smallest absolute Gasteiger partial charge is 0.308 e. The van der Waals surface area contributed by atoms with E-state index in [1.807, 2.05) is 12.1 Å². The predicted molar refractivity (Wildman–Crippen MR) is 79.1 cm³/mol. The average Bonchev–Trinajstić information content (AvgIpc) is 3.21. The molecular weight excluding hydrogens is 344 g/mol. The third-order valence-corrected chi connectivity index (χ3v) is 4.41. The molecule has 0 amide bonds. The molecule has 8 nitrogen and oxygen atoms in total. The predicted octanol–water partition coefficient (Wildman–Crippen LogP) is 0.514. The van der Waals surface area contributed by atoms with Crippen LogP contribution in [0.4, 0.5) is 0 Å². The molecule has 0 aliphatic rings. The first kappa shape index (κ1) is 15.2. The summed E-state index contributed by atoms with van der Waals surface area (Å²) in [5.41, 5.74) is 1.26. The molecule has 0 bridgehead atoms. The van der Waals surface area contributed by atoms with Crippen LogP contribution >= 0.6 is 11.8 Å². The quantitative estimate of drug-likeness (QED) is 0.492. The summed E-state index contributed by atoms with van der Waals surface area (Å²) in [6.07, 6.45) is 0. The normalized spacial score (nSPS) is 10.9. The maximum absolute atomic E-state index is 12.1. The molecule has 0 spiro atoms. The van der Waals surface area contributed by atoms with Crippen LogP contribution in [-0.2, 0) is 0 Å². The minimum Gasteiger partial charge on any atom is -0.538 e. The van der Waals surface area contributed by atoms with Gasteiger partial charge >= 0.3 is 10.1 Å². The average molecular weight is 354 g/mol. The molecule has 4 aromatic rings. The number of nitrogens with zero attached hydrogens (tertiary/aromatic N) is 4. The highest BCUT2D eigenvalue weighted by Gasteiger charge is 2.30. The Kier molecular flexibility index (Phi) is 3.82. The van der Waals surface area contributed by atoms with Crippen LogP contribution < -0.4 is 19.6 Å². The lowest BCUT2D eigenvalue weighted by molar-refractivity contribution is -0.711. The van der Waals surface area contributed by atoms with Crippen molar-refractivity contribution in [2.45, 2.75) is 10.1 Å². The summed E-state index contributed by atoms with van der Waals surface area (Å²) in [5, 5.41) is 31.9. The molecule has 0 saturated heterocycles.